The number of nitrogens with zero attached hydrogens (tertiary/aromatic N) is 1. The second-order valence-corrected chi connectivity index (χ2v) is 6.69. The third-order valence-electron chi connectivity index (χ3n) is 2.82. The van der Waals surface area contributed by atoms with E-state index in [2.05, 4.69) is 10.6 Å². The van der Waals surface area contributed by atoms with Crippen molar-refractivity contribution in [1.29, 1.82) is 0 Å². The topological polar surface area (TPSA) is 63.1 Å². The van der Waals surface area contributed by atoms with Gasteiger partial charge in [-0.15, -0.1) is 11.3 Å². The van der Waals surface area contributed by atoms with E-state index in [4.69, 9.17) is 0 Å². The van der Waals surface area contributed by atoms with Gasteiger partial charge in [0.2, 0.25) is 5.91 Å². The Labute approximate surface area is 122 Å². The second kappa shape index (κ2) is 5.28. The lowest BCUT2D eigenvalue weighted by atomic mass is 10.1. The van der Waals surface area contributed by atoms with Gasteiger partial charge in [0.1, 0.15) is 5.69 Å². The molecule has 2 rings (SSSR count). The maximum Gasteiger partial charge on any atom is 0.268 e. The summed E-state index contributed by atoms with van der Waals surface area (Å²) in [6.07, 6.45) is 0. The molecule has 0 saturated heterocycles. The maximum absolute atomic E-state index is 12.1. The van der Waals surface area contributed by atoms with E-state index in [1.54, 1.807) is 11.3 Å². The number of nitrogens with one attached hydrogen (secondary N) is 2. The largest absolute Gasteiger partial charge is 0.350 e. The smallest absolute Gasteiger partial charge is 0.268 e. The number of carbonyl (C=O) groups excluding carboxylic acids is 2. The zero-order valence-electron chi connectivity index (χ0n) is 12.1. The van der Waals surface area contributed by atoms with Crippen molar-refractivity contribution in [3.8, 4) is 0 Å². The molecule has 2 amide bonds. The molecule has 2 aromatic heterocycles. The fourth-order valence-corrected chi connectivity index (χ4v) is 2.83. The summed E-state index contributed by atoms with van der Waals surface area (Å²) >= 11 is 1.59. The van der Waals surface area contributed by atoms with Gasteiger partial charge in [0.05, 0.1) is 16.8 Å². The first kappa shape index (κ1) is 14.6. The van der Waals surface area contributed by atoms with Crippen molar-refractivity contribution in [3.63, 3.8) is 0 Å². The van der Waals surface area contributed by atoms with Crippen molar-refractivity contribution < 1.29 is 9.59 Å². The van der Waals surface area contributed by atoms with Gasteiger partial charge in [-0.3, -0.25) is 9.59 Å². The zero-order chi connectivity index (χ0) is 14.9. The second-order valence-electron chi connectivity index (χ2n) is 5.74. The fraction of sp³-hybridized carbons (Fsp3) is 0.429. The molecule has 6 heteroatoms. The van der Waals surface area contributed by atoms with Crippen molar-refractivity contribution in [3.05, 3.63) is 23.2 Å². The van der Waals surface area contributed by atoms with Gasteiger partial charge in [-0.2, -0.15) is 0 Å². The molecular weight excluding hydrogens is 274 g/mol. The van der Waals surface area contributed by atoms with Crippen LogP contribution in [0.1, 0.15) is 31.3 Å². The highest BCUT2D eigenvalue weighted by molar-refractivity contribution is 7.17. The van der Waals surface area contributed by atoms with Crippen molar-refractivity contribution in [1.82, 2.24) is 15.2 Å². The normalized spacial score (nSPS) is 11.6. The van der Waals surface area contributed by atoms with E-state index in [0.717, 1.165) is 10.2 Å². The van der Waals surface area contributed by atoms with Crippen LogP contribution in [0.3, 0.4) is 0 Å². The number of carbonyl (C=O) groups is 2. The van der Waals surface area contributed by atoms with Crippen molar-refractivity contribution >= 4 is 33.4 Å². The number of hydrogen-bond donors (Lipinski definition) is 2. The highest BCUT2D eigenvalue weighted by Gasteiger charge is 2.17. The molecule has 0 unspecified atom stereocenters. The summed E-state index contributed by atoms with van der Waals surface area (Å²) < 4.78 is 2.90. The van der Waals surface area contributed by atoms with Crippen LogP contribution in [0.4, 0.5) is 0 Å². The Bertz CT molecular complexity index is 649. The van der Waals surface area contributed by atoms with Gasteiger partial charge in [0, 0.05) is 12.6 Å². The Hall–Kier alpha value is -1.82. The molecular formula is C14H19N3O2S. The van der Waals surface area contributed by atoms with E-state index in [1.807, 2.05) is 49.9 Å². The van der Waals surface area contributed by atoms with Crippen LogP contribution in [0, 0.1) is 0 Å². The molecule has 5 nitrogen and oxygen atoms in total. The molecule has 20 heavy (non-hydrogen) atoms. The van der Waals surface area contributed by atoms with Crippen molar-refractivity contribution in [2.24, 2.45) is 7.05 Å². The first-order valence-corrected chi connectivity index (χ1v) is 7.28. The molecule has 0 bridgehead atoms. The predicted molar refractivity (Wildman–Crippen MR) is 81.0 cm³/mol. The minimum Gasteiger partial charge on any atom is -0.350 e. The highest BCUT2D eigenvalue weighted by atomic mass is 32.1. The number of rotatable bonds is 3. The first-order valence-electron chi connectivity index (χ1n) is 6.40. The molecule has 0 aromatic carbocycles. The van der Waals surface area contributed by atoms with Crippen LogP contribution >= 0.6 is 11.3 Å². The van der Waals surface area contributed by atoms with Crippen LogP contribution in [-0.4, -0.2) is 28.5 Å². The third-order valence-corrected chi connectivity index (χ3v) is 3.67. The number of aromatic nitrogens is 1. The monoisotopic (exact) mass is 293 g/mol. The minimum absolute atomic E-state index is 0.0189. The summed E-state index contributed by atoms with van der Waals surface area (Å²) in [7, 11) is 1.85. The van der Waals surface area contributed by atoms with Crippen LogP contribution in [0.15, 0.2) is 17.5 Å². The molecule has 0 aliphatic carbocycles. The Morgan fingerprint density at radius 3 is 2.65 bits per heavy atom. The molecule has 2 N–H and O–H groups in total. The molecule has 0 fully saturated rings. The van der Waals surface area contributed by atoms with E-state index in [9.17, 15) is 9.59 Å². The van der Waals surface area contributed by atoms with Gasteiger partial charge < -0.3 is 15.2 Å². The van der Waals surface area contributed by atoms with Crippen molar-refractivity contribution in [2.45, 2.75) is 26.3 Å². The lowest BCUT2D eigenvalue weighted by Gasteiger charge is -2.20. The standard InChI is InChI=1S/C14H19N3O2S/c1-14(2,3)16-12(18)8-15-13(19)10-7-11-9(17(10)4)5-6-20-11/h5-7H,8H2,1-4H3,(H,15,19)(H,16,18). The minimum atomic E-state index is -0.296. The SMILES string of the molecule is Cn1c(C(=O)NCC(=O)NC(C)(C)C)cc2sccc21. The summed E-state index contributed by atoms with van der Waals surface area (Å²) in [6, 6.07) is 3.82. The molecule has 2 heterocycles. The predicted octanol–water partition coefficient (Wildman–Crippen LogP) is 1.88. The van der Waals surface area contributed by atoms with Gasteiger partial charge in [-0.1, -0.05) is 0 Å². The lowest BCUT2D eigenvalue weighted by Crippen LogP contribution is -2.46. The molecule has 108 valence electrons. The van der Waals surface area contributed by atoms with E-state index in [1.165, 1.54) is 0 Å². The molecule has 2 aromatic rings. The number of fused-ring (bicyclic) bond motifs is 1. The van der Waals surface area contributed by atoms with Gasteiger partial charge in [0.25, 0.3) is 5.91 Å². The average Bonchev–Trinajstić information content (AvgIpc) is 2.87. The zero-order valence-corrected chi connectivity index (χ0v) is 12.9. The number of thiophene rings is 1. The van der Waals surface area contributed by atoms with Gasteiger partial charge in [-0.25, -0.2) is 0 Å². The van der Waals surface area contributed by atoms with Crippen LogP contribution in [0.25, 0.3) is 10.2 Å². The van der Waals surface area contributed by atoms with Gasteiger partial charge in [0.15, 0.2) is 0 Å². The van der Waals surface area contributed by atoms with Crippen LogP contribution < -0.4 is 10.6 Å². The van der Waals surface area contributed by atoms with E-state index in [0.29, 0.717) is 5.69 Å². The molecule has 0 atom stereocenters. The van der Waals surface area contributed by atoms with E-state index in [-0.39, 0.29) is 23.9 Å². The number of amides is 2. The first-order chi connectivity index (χ1) is 9.28. The number of hydrogen-bond acceptors (Lipinski definition) is 3. The van der Waals surface area contributed by atoms with Crippen LogP contribution in [-0.2, 0) is 11.8 Å². The molecule has 0 spiro atoms. The van der Waals surface area contributed by atoms with E-state index < -0.39 is 0 Å². The highest BCUT2D eigenvalue weighted by Crippen LogP contribution is 2.23. The summed E-state index contributed by atoms with van der Waals surface area (Å²) in [4.78, 5) is 23.8. The van der Waals surface area contributed by atoms with Crippen LogP contribution in [0.5, 0.6) is 0 Å². The van der Waals surface area contributed by atoms with Crippen molar-refractivity contribution in [2.75, 3.05) is 6.54 Å². The van der Waals surface area contributed by atoms with Gasteiger partial charge in [-0.05, 0) is 38.3 Å². The Balaban J connectivity index is 2.00. The average molecular weight is 293 g/mol. The summed E-state index contributed by atoms with van der Waals surface area (Å²) in [5.41, 5.74) is 1.30. The molecule has 0 radical (unpaired) electrons. The summed E-state index contributed by atoms with van der Waals surface area (Å²) in [6.45, 7) is 5.68. The Kier molecular flexibility index (Phi) is 3.85. The summed E-state index contributed by atoms with van der Waals surface area (Å²) in [5.74, 6) is -0.429. The molecule has 0 aliphatic rings. The Morgan fingerprint density at radius 1 is 1.35 bits per heavy atom. The maximum atomic E-state index is 12.1. The Morgan fingerprint density at radius 2 is 2.05 bits per heavy atom. The lowest BCUT2D eigenvalue weighted by molar-refractivity contribution is -0.121. The molecule has 0 saturated carbocycles. The number of aryl methyl sites for hydroxylation is 1. The molecule has 0 aliphatic heterocycles. The quantitative estimate of drug-likeness (QED) is 0.907. The van der Waals surface area contributed by atoms with E-state index >= 15 is 0 Å². The van der Waals surface area contributed by atoms with Gasteiger partial charge >= 0.3 is 0 Å². The van der Waals surface area contributed by atoms with Crippen LogP contribution in [0.2, 0.25) is 0 Å². The third kappa shape index (κ3) is 3.19. The fourth-order valence-electron chi connectivity index (χ4n) is 1.98. The summed E-state index contributed by atoms with van der Waals surface area (Å²) in [5, 5.41) is 7.44.